The van der Waals surface area contributed by atoms with Gasteiger partial charge in [0.05, 0.1) is 34.6 Å². The fourth-order valence-electron chi connectivity index (χ4n) is 1.65. The quantitative estimate of drug-likeness (QED) is 0.852. The predicted octanol–water partition coefficient (Wildman–Crippen LogP) is 1.74. The smallest absolute Gasteiger partial charge is 0.246 e. The molecule has 0 bridgehead atoms. The average Bonchev–Trinajstić information content (AvgIpc) is 2.25. The number of aliphatic hydroxyl groups excluding tert-OH is 1. The number of β-amino-alcohol motifs (C(OH)–C–C–N with tert-alkyl or cyclic N) is 1. The Bertz CT molecular complexity index is 437. The van der Waals surface area contributed by atoms with E-state index in [2.05, 4.69) is 5.32 Å². The molecule has 0 saturated heterocycles. The fourth-order valence-corrected chi connectivity index (χ4v) is 1.97. The minimum Gasteiger partial charge on any atom is -0.395 e. The Kier molecular flexibility index (Phi) is 3.23. The van der Waals surface area contributed by atoms with Gasteiger partial charge in [-0.25, -0.2) is 0 Å². The lowest BCUT2D eigenvalue weighted by Crippen LogP contribution is -2.41. The van der Waals surface area contributed by atoms with E-state index in [0.717, 1.165) is 5.69 Å². The minimum absolute atomic E-state index is 0.0918. The number of nitrogens with one attached hydrogen (secondary N) is 1. The number of amides is 1. The van der Waals surface area contributed by atoms with Crippen molar-refractivity contribution in [2.75, 3.05) is 29.9 Å². The van der Waals surface area contributed by atoms with Crippen LogP contribution in [0.15, 0.2) is 12.1 Å². The topological polar surface area (TPSA) is 52.6 Å². The second-order valence-corrected chi connectivity index (χ2v) is 4.22. The highest BCUT2D eigenvalue weighted by Gasteiger charge is 2.24. The van der Waals surface area contributed by atoms with Gasteiger partial charge in [-0.05, 0) is 12.1 Å². The van der Waals surface area contributed by atoms with Gasteiger partial charge in [-0.15, -0.1) is 0 Å². The van der Waals surface area contributed by atoms with E-state index < -0.39 is 0 Å². The van der Waals surface area contributed by atoms with Gasteiger partial charge in [-0.3, -0.25) is 4.79 Å². The van der Waals surface area contributed by atoms with Crippen LogP contribution < -0.4 is 10.2 Å². The number of carbonyl (C=O) groups excluding carboxylic acids is 1. The van der Waals surface area contributed by atoms with Crippen molar-refractivity contribution < 1.29 is 9.90 Å². The van der Waals surface area contributed by atoms with E-state index >= 15 is 0 Å². The predicted molar refractivity (Wildman–Crippen MR) is 64.4 cm³/mol. The molecule has 1 aromatic carbocycles. The van der Waals surface area contributed by atoms with Crippen molar-refractivity contribution >= 4 is 40.5 Å². The SMILES string of the molecule is O=C1CNc2cc(Cl)c(Cl)cc2N1CCO. The van der Waals surface area contributed by atoms with Crippen molar-refractivity contribution in [2.45, 2.75) is 0 Å². The number of fused-ring (bicyclic) bond motifs is 1. The van der Waals surface area contributed by atoms with Gasteiger partial charge in [-0.1, -0.05) is 23.2 Å². The molecule has 0 atom stereocenters. The summed E-state index contributed by atoms with van der Waals surface area (Å²) in [5.41, 5.74) is 1.40. The molecule has 86 valence electrons. The molecular weight excluding hydrogens is 251 g/mol. The Morgan fingerprint density at radius 3 is 2.75 bits per heavy atom. The molecule has 0 aliphatic carbocycles. The number of hydrogen-bond acceptors (Lipinski definition) is 3. The van der Waals surface area contributed by atoms with Crippen LogP contribution in [0.5, 0.6) is 0 Å². The van der Waals surface area contributed by atoms with E-state index in [9.17, 15) is 4.79 Å². The van der Waals surface area contributed by atoms with Gasteiger partial charge in [0.25, 0.3) is 0 Å². The van der Waals surface area contributed by atoms with Crippen molar-refractivity contribution in [3.8, 4) is 0 Å². The maximum atomic E-state index is 11.6. The summed E-state index contributed by atoms with van der Waals surface area (Å²) in [6, 6.07) is 3.30. The van der Waals surface area contributed by atoms with Crippen molar-refractivity contribution in [1.29, 1.82) is 0 Å². The van der Waals surface area contributed by atoms with Crippen LogP contribution in [0.25, 0.3) is 0 Å². The normalized spacial score (nSPS) is 14.7. The summed E-state index contributed by atoms with van der Waals surface area (Å²) in [4.78, 5) is 13.1. The average molecular weight is 261 g/mol. The summed E-state index contributed by atoms with van der Waals surface area (Å²) in [6.07, 6.45) is 0. The summed E-state index contributed by atoms with van der Waals surface area (Å²) < 4.78 is 0. The first kappa shape index (κ1) is 11.5. The highest BCUT2D eigenvalue weighted by atomic mass is 35.5. The summed E-state index contributed by atoms with van der Waals surface area (Å²) >= 11 is 11.8. The molecule has 0 fully saturated rings. The van der Waals surface area contributed by atoms with Crippen LogP contribution in [0.1, 0.15) is 0 Å². The van der Waals surface area contributed by atoms with E-state index in [1.807, 2.05) is 0 Å². The number of aliphatic hydroxyl groups is 1. The first-order chi connectivity index (χ1) is 7.63. The molecule has 1 aliphatic heterocycles. The van der Waals surface area contributed by atoms with Crippen LogP contribution in [0.3, 0.4) is 0 Å². The molecule has 0 aromatic heterocycles. The highest BCUT2D eigenvalue weighted by Crippen LogP contribution is 2.36. The van der Waals surface area contributed by atoms with Gasteiger partial charge in [0.2, 0.25) is 5.91 Å². The molecule has 0 radical (unpaired) electrons. The van der Waals surface area contributed by atoms with Crippen LogP contribution in [-0.4, -0.2) is 30.7 Å². The van der Waals surface area contributed by atoms with E-state index in [-0.39, 0.29) is 25.6 Å². The molecule has 6 heteroatoms. The monoisotopic (exact) mass is 260 g/mol. The van der Waals surface area contributed by atoms with Gasteiger partial charge in [-0.2, -0.15) is 0 Å². The third kappa shape index (κ3) is 1.96. The van der Waals surface area contributed by atoms with Gasteiger partial charge in [0, 0.05) is 6.54 Å². The molecule has 1 amide bonds. The number of halogens is 2. The maximum Gasteiger partial charge on any atom is 0.246 e. The van der Waals surface area contributed by atoms with Gasteiger partial charge in [0.15, 0.2) is 0 Å². The molecule has 2 N–H and O–H groups in total. The van der Waals surface area contributed by atoms with Crippen molar-refractivity contribution in [3.05, 3.63) is 22.2 Å². The molecule has 0 unspecified atom stereocenters. The molecular formula is C10H10Cl2N2O2. The molecule has 2 rings (SSSR count). The van der Waals surface area contributed by atoms with Crippen molar-refractivity contribution in [3.63, 3.8) is 0 Å². The lowest BCUT2D eigenvalue weighted by Gasteiger charge is -2.30. The second kappa shape index (κ2) is 4.49. The zero-order valence-corrected chi connectivity index (χ0v) is 9.85. The first-order valence-corrected chi connectivity index (χ1v) is 5.53. The number of rotatable bonds is 2. The molecule has 0 spiro atoms. The molecule has 16 heavy (non-hydrogen) atoms. The van der Waals surface area contributed by atoms with Crippen molar-refractivity contribution in [1.82, 2.24) is 0 Å². The van der Waals surface area contributed by atoms with Gasteiger partial charge >= 0.3 is 0 Å². The van der Waals surface area contributed by atoms with Crippen LogP contribution in [-0.2, 0) is 4.79 Å². The molecule has 1 heterocycles. The lowest BCUT2D eigenvalue weighted by molar-refractivity contribution is -0.117. The Morgan fingerprint density at radius 2 is 2.06 bits per heavy atom. The summed E-state index contributed by atoms with van der Waals surface area (Å²) in [7, 11) is 0. The number of carbonyl (C=O) groups is 1. The van der Waals surface area contributed by atoms with Crippen molar-refractivity contribution in [2.24, 2.45) is 0 Å². The van der Waals surface area contributed by atoms with E-state index in [1.165, 1.54) is 4.90 Å². The summed E-state index contributed by atoms with van der Waals surface area (Å²) in [5.74, 6) is -0.0973. The maximum absolute atomic E-state index is 11.6. The second-order valence-electron chi connectivity index (χ2n) is 3.41. The van der Waals surface area contributed by atoms with Crippen LogP contribution in [0.4, 0.5) is 11.4 Å². The third-order valence-electron chi connectivity index (χ3n) is 2.38. The minimum atomic E-state index is -0.0973. The van der Waals surface area contributed by atoms with E-state index in [0.29, 0.717) is 15.7 Å². The first-order valence-electron chi connectivity index (χ1n) is 4.77. The van der Waals surface area contributed by atoms with Crippen LogP contribution in [0.2, 0.25) is 10.0 Å². The lowest BCUT2D eigenvalue weighted by atomic mass is 10.2. The highest BCUT2D eigenvalue weighted by molar-refractivity contribution is 6.42. The van der Waals surface area contributed by atoms with Gasteiger partial charge < -0.3 is 15.3 Å². The zero-order chi connectivity index (χ0) is 11.7. The number of hydrogen-bond donors (Lipinski definition) is 2. The standard InChI is InChI=1S/C10H10Cl2N2O2/c11-6-3-8-9(4-7(6)12)14(1-2-15)10(16)5-13-8/h3-4,13,15H,1-2,5H2. The van der Waals surface area contributed by atoms with Gasteiger partial charge in [0.1, 0.15) is 0 Å². The third-order valence-corrected chi connectivity index (χ3v) is 3.11. The van der Waals surface area contributed by atoms with Crippen LogP contribution in [0, 0.1) is 0 Å². The Hall–Kier alpha value is -0.970. The van der Waals surface area contributed by atoms with E-state index in [4.69, 9.17) is 28.3 Å². The van der Waals surface area contributed by atoms with Crippen LogP contribution >= 0.6 is 23.2 Å². The molecule has 4 nitrogen and oxygen atoms in total. The molecule has 0 saturated carbocycles. The molecule has 1 aliphatic rings. The Morgan fingerprint density at radius 1 is 1.38 bits per heavy atom. The largest absolute Gasteiger partial charge is 0.395 e. The number of nitrogens with zero attached hydrogens (tertiary/aromatic N) is 1. The number of anilines is 2. The van der Waals surface area contributed by atoms with E-state index in [1.54, 1.807) is 12.1 Å². The Balaban J connectivity index is 2.46. The summed E-state index contributed by atoms with van der Waals surface area (Å²) in [6.45, 7) is 0.363. The Labute approximate surface area is 103 Å². The zero-order valence-electron chi connectivity index (χ0n) is 8.33. The molecule has 1 aromatic rings. The number of benzene rings is 1. The summed E-state index contributed by atoms with van der Waals surface area (Å²) in [5, 5.41) is 12.7. The fraction of sp³-hybridized carbons (Fsp3) is 0.300.